The van der Waals surface area contributed by atoms with Crippen molar-refractivity contribution in [1.82, 2.24) is 0 Å². The van der Waals surface area contributed by atoms with E-state index in [1.807, 2.05) is 0 Å². The van der Waals surface area contributed by atoms with E-state index in [4.69, 9.17) is 11.5 Å². The van der Waals surface area contributed by atoms with E-state index in [9.17, 15) is 14.4 Å². The van der Waals surface area contributed by atoms with E-state index in [0.29, 0.717) is 11.4 Å². The Morgan fingerprint density at radius 1 is 1.00 bits per heavy atom. The van der Waals surface area contributed by atoms with Gasteiger partial charge >= 0.3 is 0 Å². The van der Waals surface area contributed by atoms with Crippen LogP contribution in [0.4, 0.5) is 11.4 Å². The lowest BCUT2D eigenvalue weighted by atomic mass is 10.1. The number of primary amides is 1. The fourth-order valence-electron chi connectivity index (χ4n) is 2.48. The molecule has 0 spiro atoms. The van der Waals surface area contributed by atoms with Crippen LogP contribution in [0.1, 0.15) is 36.6 Å². The highest BCUT2D eigenvalue weighted by Crippen LogP contribution is 2.32. The van der Waals surface area contributed by atoms with Crippen LogP contribution in [0.25, 0.3) is 0 Å². The molecule has 2 aromatic rings. The molecule has 0 bridgehead atoms. The second kappa shape index (κ2) is 4.70. The van der Waals surface area contributed by atoms with Crippen molar-refractivity contribution in [2.24, 2.45) is 5.73 Å². The van der Waals surface area contributed by atoms with E-state index in [0.717, 1.165) is 10.5 Å². The summed E-state index contributed by atoms with van der Waals surface area (Å²) >= 11 is 0. The quantitative estimate of drug-likeness (QED) is 0.646. The molecule has 6 nitrogen and oxygen atoms in total. The maximum Gasteiger partial charge on any atom is 0.266 e. The lowest BCUT2D eigenvalue weighted by Crippen LogP contribution is -2.30. The van der Waals surface area contributed by atoms with Gasteiger partial charge in [-0.15, -0.1) is 0 Å². The maximum absolute atomic E-state index is 12.6. The van der Waals surface area contributed by atoms with Gasteiger partial charge in [0.05, 0.1) is 16.8 Å². The topological polar surface area (TPSA) is 106 Å². The number of carbonyl (C=O) groups is 3. The van der Waals surface area contributed by atoms with Crippen molar-refractivity contribution in [3.05, 3.63) is 58.7 Å². The first-order valence-electron chi connectivity index (χ1n) is 6.59. The first-order valence-corrected chi connectivity index (χ1v) is 6.59. The van der Waals surface area contributed by atoms with E-state index in [2.05, 4.69) is 0 Å². The van der Waals surface area contributed by atoms with Gasteiger partial charge in [0.25, 0.3) is 11.8 Å². The predicted molar refractivity (Wildman–Crippen MR) is 81.7 cm³/mol. The Balaban J connectivity index is 2.14. The van der Waals surface area contributed by atoms with Crippen LogP contribution in [-0.4, -0.2) is 17.7 Å². The summed E-state index contributed by atoms with van der Waals surface area (Å²) in [6.07, 6.45) is 0. The maximum atomic E-state index is 12.6. The third-order valence-electron chi connectivity index (χ3n) is 3.65. The fraction of sp³-hybridized carbons (Fsp3) is 0.0625. The summed E-state index contributed by atoms with van der Waals surface area (Å²) in [5.74, 6) is -1.58. The van der Waals surface area contributed by atoms with Crippen LogP contribution in [0.15, 0.2) is 36.4 Å². The first kappa shape index (κ1) is 13.8. The summed E-state index contributed by atoms with van der Waals surface area (Å²) in [6.45, 7) is 1.78. The smallest absolute Gasteiger partial charge is 0.266 e. The van der Waals surface area contributed by atoms with Crippen LogP contribution in [0.5, 0.6) is 0 Å². The van der Waals surface area contributed by atoms with Gasteiger partial charge < -0.3 is 11.5 Å². The molecular formula is C16H13N3O3. The second-order valence-electron chi connectivity index (χ2n) is 5.12. The van der Waals surface area contributed by atoms with E-state index >= 15 is 0 Å². The Labute approximate surface area is 126 Å². The van der Waals surface area contributed by atoms with Crippen LogP contribution in [0.3, 0.4) is 0 Å². The Kier molecular flexibility index (Phi) is 2.95. The minimum atomic E-state index is -0.651. The zero-order valence-corrected chi connectivity index (χ0v) is 11.8. The number of rotatable bonds is 2. The summed E-state index contributed by atoms with van der Waals surface area (Å²) in [6, 6.07) is 9.23. The van der Waals surface area contributed by atoms with Gasteiger partial charge in [0.15, 0.2) is 0 Å². The molecule has 2 aromatic carbocycles. The summed E-state index contributed by atoms with van der Waals surface area (Å²) in [5.41, 5.74) is 13.2. The molecule has 0 saturated heterocycles. The van der Waals surface area contributed by atoms with Gasteiger partial charge in [0.2, 0.25) is 5.91 Å². The zero-order valence-electron chi connectivity index (χ0n) is 11.8. The van der Waals surface area contributed by atoms with Crippen molar-refractivity contribution in [3.8, 4) is 0 Å². The Morgan fingerprint density at radius 3 is 2.36 bits per heavy atom. The molecule has 0 aliphatic carbocycles. The predicted octanol–water partition coefficient (Wildman–Crippen LogP) is 1.48. The largest absolute Gasteiger partial charge is 0.399 e. The molecule has 0 atom stereocenters. The van der Waals surface area contributed by atoms with E-state index in [1.165, 1.54) is 18.2 Å². The number of fused-ring (bicyclic) bond motifs is 1. The molecule has 6 heteroatoms. The number of nitrogens with two attached hydrogens (primary N) is 2. The molecule has 0 unspecified atom stereocenters. The van der Waals surface area contributed by atoms with Gasteiger partial charge in [-0.05, 0) is 42.8 Å². The second-order valence-corrected chi connectivity index (χ2v) is 5.12. The summed E-state index contributed by atoms with van der Waals surface area (Å²) in [4.78, 5) is 37.4. The molecule has 3 rings (SSSR count). The third kappa shape index (κ3) is 1.93. The zero-order chi connectivity index (χ0) is 16.0. The lowest BCUT2D eigenvalue weighted by molar-refractivity contribution is 0.0925. The number of amides is 3. The number of benzene rings is 2. The molecule has 4 N–H and O–H groups in total. The highest BCUT2D eigenvalue weighted by molar-refractivity contribution is 6.35. The summed E-state index contributed by atoms with van der Waals surface area (Å²) < 4.78 is 0. The van der Waals surface area contributed by atoms with Crippen LogP contribution in [-0.2, 0) is 0 Å². The fourth-order valence-corrected chi connectivity index (χ4v) is 2.48. The molecule has 0 fully saturated rings. The number of nitrogens with zero attached hydrogens (tertiary/aromatic N) is 1. The van der Waals surface area contributed by atoms with E-state index < -0.39 is 17.7 Å². The van der Waals surface area contributed by atoms with Crippen molar-refractivity contribution >= 4 is 29.1 Å². The first-order chi connectivity index (χ1) is 10.4. The van der Waals surface area contributed by atoms with Crippen LogP contribution < -0.4 is 16.4 Å². The summed E-state index contributed by atoms with van der Waals surface area (Å²) in [7, 11) is 0. The summed E-state index contributed by atoms with van der Waals surface area (Å²) in [5, 5.41) is 0. The van der Waals surface area contributed by atoms with Crippen LogP contribution in [0, 0.1) is 6.92 Å². The van der Waals surface area contributed by atoms with Crippen LogP contribution >= 0.6 is 0 Å². The van der Waals surface area contributed by atoms with Gasteiger partial charge in [-0.25, -0.2) is 4.90 Å². The lowest BCUT2D eigenvalue weighted by Gasteiger charge is -2.17. The number of nitrogen functional groups attached to an aromatic ring is 1. The van der Waals surface area contributed by atoms with Gasteiger partial charge in [-0.2, -0.15) is 0 Å². The highest BCUT2D eigenvalue weighted by Gasteiger charge is 2.37. The number of imide groups is 1. The molecule has 0 radical (unpaired) electrons. The molecule has 22 heavy (non-hydrogen) atoms. The minimum Gasteiger partial charge on any atom is -0.399 e. The van der Waals surface area contributed by atoms with Crippen molar-refractivity contribution < 1.29 is 14.4 Å². The van der Waals surface area contributed by atoms with Gasteiger partial charge in [-0.1, -0.05) is 6.07 Å². The molecule has 1 aliphatic heterocycles. The Hall–Kier alpha value is -3.15. The van der Waals surface area contributed by atoms with Crippen molar-refractivity contribution in [2.45, 2.75) is 6.92 Å². The third-order valence-corrected chi connectivity index (χ3v) is 3.65. The Morgan fingerprint density at radius 2 is 1.68 bits per heavy atom. The molecule has 1 heterocycles. The Bertz CT molecular complexity index is 843. The molecule has 110 valence electrons. The van der Waals surface area contributed by atoms with Crippen molar-refractivity contribution in [2.75, 3.05) is 10.6 Å². The number of carbonyl (C=O) groups excluding carboxylic acids is 3. The number of hydrogen-bond donors (Lipinski definition) is 2. The number of hydrogen-bond acceptors (Lipinski definition) is 4. The van der Waals surface area contributed by atoms with Gasteiger partial charge in [0, 0.05) is 11.3 Å². The molecule has 0 saturated carbocycles. The van der Waals surface area contributed by atoms with Gasteiger partial charge in [-0.3, -0.25) is 14.4 Å². The normalized spacial score (nSPS) is 13.4. The molecule has 3 amide bonds. The average Bonchev–Trinajstić information content (AvgIpc) is 2.73. The van der Waals surface area contributed by atoms with Crippen LogP contribution in [0.2, 0.25) is 0 Å². The van der Waals surface area contributed by atoms with Crippen molar-refractivity contribution in [1.29, 1.82) is 0 Å². The molecule has 1 aliphatic rings. The average molecular weight is 295 g/mol. The SMILES string of the molecule is Cc1ccc(N)cc1N1C(=O)c2ccc(C(N)=O)cc2C1=O. The molecular weight excluding hydrogens is 282 g/mol. The monoisotopic (exact) mass is 295 g/mol. The van der Waals surface area contributed by atoms with Crippen molar-refractivity contribution in [3.63, 3.8) is 0 Å². The standard InChI is InChI=1S/C16H13N3O3/c1-8-2-4-10(17)7-13(8)19-15(21)11-5-3-9(14(18)20)6-12(11)16(19)22/h2-7H,17H2,1H3,(H2,18,20). The minimum absolute atomic E-state index is 0.170. The van der Waals surface area contributed by atoms with E-state index in [1.54, 1.807) is 25.1 Å². The van der Waals surface area contributed by atoms with Gasteiger partial charge in [0.1, 0.15) is 0 Å². The van der Waals surface area contributed by atoms with E-state index in [-0.39, 0.29) is 16.7 Å². The molecule has 0 aromatic heterocycles. The highest BCUT2D eigenvalue weighted by atomic mass is 16.2. The number of anilines is 2. The number of aryl methyl sites for hydroxylation is 1.